The number of hydrogen-bond acceptors (Lipinski definition) is 4. The van der Waals surface area contributed by atoms with E-state index >= 15 is 0 Å². The fraction of sp³-hybridized carbons (Fsp3) is 1.00. The van der Waals surface area contributed by atoms with Crippen LogP contribution in [0.5, 0.6) is 0 Å². The molecular weight excluding hydrogens is 142 g/mol. The molecule has 1 aliphatic rings. The van der Waals surface area contributed by atoms with Gasteiger partial charge < -0.3 is 4.74 Å². The van der Waals surface area contributed by atoms with Gasteiger partial charge in [-0.25, -0.2) is 0 Å². The molecular formula is C7H15N3O. The van der Waals surface area contributed by atoms with Crippen LogP contribution in [0.2, 0.25) is 0 Å². The van der Waals surface area contributed by atoms with E-state index in [4.69, 9.17) is 4.74 Å². The summed E-state index contributed by atoms with van der Waals surface area (Å²) in [6.07, 6.45) is 1.08. The minimum atomic E-state index is 0.409. The fourth-order valence-corrected chi connectivity index (χ4v) is 1.01. The van der Waals surface area contributed by atoms with Crippen LogP contribution in [0.4, 0.5) is 0 Å². The van der Waals surface area contributed by atoms with Crippen LogP contribution in [0, 0.1) is 0 Å². The summed E-state index contributed by atoms with van der Waals surface area (Å²) >= 11 is 0. The molecule has 4 nitrogen and oxygen atoms in total. The van der Waals surface area contributed by atoms with Crippen molar-refractivity contribution in [3.05, 3.63) is 0 Å². The third-order valence-electron chi connectivity index (χ3n) is 1.79. The maximum absolute atomic E-state index is 4.93. The third kappa shape index (κ3) is 2.46. The topological polar surface area (TPSA) is 37.2 Å². The highest BCUT2D eigenvalue weighted by atomic mass is 16.5. The molecule has 0 aromatic carbocycles. The molecule has 0 saturated carbocycles. The molecule has 0 bridgehead atoms. The van der Waals surface area contributed by atoms with E-state index in [2.05, 4.69) is 17.3 Å². The first kappa shape index (κ1) is 8.46. The Morgan fingerprint density at radius 2 is 2.45 bits per heavy atom. The monoisotopic (exact) mass is 157 g/mol. The van der Waals surface area contributed by atoms with E-state index in [0.717, 1.165) is 26.1 Å². The molecule has 11 heavy (non-hydrogen) atoms. The van der Waals surface area contributed by atoms with Gasteiger partial charge >= 0.3 is 0 Å². The molecule has 0 amide bonds. The zero-order valence-corrected chi connectivity index (χ0v) is 7.16. The van der Waals surface area contributed by atoms with E-state index in [1.54, 1.807) is 7.11 Å². The highest BCUT2D eigenvalue weighted by molar-refractivity contribution is 4.71. The Kier molecular flexibility index (Phi) is 3.29. The van der Waals surface area contributed by atoms with E-state index < -0.39 is 0 Å². The Labute approximate surface area is 67.2 Å². The quantitative estimate of drug-likeness (QED) is 0.612. The van der Waals surface area contributed by atoms with Gasteiger partial charge in [-0.2, -0.15) is 5.11 Å². The van der Waals surface area contributed by atoms with Crippen molar-refractivity contribution in [2.75, 3.05) is 26.8 Å². The minimum Gasteiger partial charge on any atom is -0.383 e. The van der Waals surface area contributed by atoms with Crippen LogP contribution in [0.1, 0.15) is 13.3 Å². The van der Waals surface area contributed by atoms with Crippen LogP contribution in [0.25, 0.3) is 0 Å². The molecule has 0 aromatic rings. The Bertz CT molecular complexity index is 138. The van der Waals surface area contributed by atoms with Crippen LogP contribution in [-0.4, -0.2) is 37.9 Å². The SMILES string of the molecule is CCC1CN(CCOC)N=N1. The van der Waals surface area contributed by atoms with Gasteiger partial charge in [0.2, 0.25) is 0 Å². The van der Waals surface area contributed by atoms with E-state index in [1.807, 2.05) is 5.01 Å². The number of rotatable bonds is 4. The average Bonchev–Trinajstić information content (AvgIpc) is 2.48. The van der Waals surface area contributed by atoms with Crippen LogP contribution in [-0.2, 0) is 4.74 Å². The number of nitrogens with zero attached hydrogens (tertiary/aromatic N) is 3. The normalized spacial score (nSPS) is 23.1. The second kappa shape index (κ2) is 4.28. The molecule has 64 valence electrons. The number of ether oxygens (including phenoxy) is 1. The van der Waals surface area contributed by atoms with Gasteiger partial charge in [-0.15, -0.1) is 0 Å². The second-order valence-corrected chi connectivity index (χ2v) is 2.67. The summed E-state index contributed by atoms with van der Waals surface area (Å²) in [6, 6.07) is 0.409. The molecule has 0 aliphatic carbocycles. The molecule has 1 atom stereocenters. The van der Waals surface area contributed by atoms with Gasteiger partial charge in [0.25, 0.3) is 0 Å². The Morgan fingerprint density at radius 1 is 1.64 bits per heavy atom. The molecule has 1 heterocycles. The maximum Gasteiger partial charge on any atom is 0.0918 e. The van der Waals surface area contributed by atoms with Crippen molar-refractivity contribution in [2.24, 2.45) is 10.3 Å². The first-order chi connectivity index (χ1) is 5.36. The summed E-state index contributed by atoms with van der Waals surface area (Å²) in [6.45, 7) is 4.68. The standard InChI is InChI=1S/C7H15N3O/c1-3-7-6-10(9-8-7)4-5-11-2/h7H,3-6H2,1-2H3. The zero-order chi connectivity index (χ0) is 8.10. The highest BCUT2D eigenvalue weighted by Gasteiger charge is 2.15. The molecule has 0 N–H and O–H groups in total. The molecule has 0 aromatic heterocycles. The molecule has 0 radical (unpaired) electrons. The van der Waals surface area contributed by atoms with Crippen molar-refractivity contribution in [1.29, 1.82) is 0 Å². The Morgan fingerprint density at radius 3 is 3.00 bits per heavy atom. The predicted octanol–water partition coefficient (Wildman–Crippen LogP) is 1.09. The Balaban J connectivity index is 2.15. The molecule has 1 aliphatic heterocycles. The van der Waals surface area contributed by atoms with E-state index in [-0.39, 0.29) is 0 Å². The molecule has 1 rings (SSSR count). The van der Waals surface area contributed by atoms with Crippen molar-refractivity contribution in [1.82, 2.24) is 5.01 Å². The summed E-state index contributed by atoms with van der Waals surface area (Å²) in [5, 5.41) is 10.0. The van der Waals surface area contributed by atoms with Crippen molar-refractivity contribution in [3.8, 4) is 0 Å². The lowest BCUT2D eigenvalue weighted by Gasteiger charge is -2.11. The summed E-state index contributed by atoms with van der Waals surface area (Å²) < 4.78 is 4.93. The average molecular weight is 157 g/mol. The van der Waals surface area contributed by atoms with Crippen molar-refractivity contribution >= 4 is 0 Å². The van der Waals surface area contributed by atoms with Crippen molar-refractivity contribution in [3.63, 3.8) is 0 Å². The molecule has 1 unspecified atom stereocenters. The summed E-state index contributed by atoms with van der Waals surface area (Å²) in [5.41, 5.74) is 0. The van der Waals surface area contributed by atoms with Gasteiger partial charge in [0.1, 0.15) is 0 Å². The first-order valence-corrected chi connectivity index (χ1v) is 4.01. The van der Waals surface area contributed by atoms with Crippen LogP contribution in [0.15, 0.2) is 10.3 Å². The third-order valence-corrected chi connectivity index (χ3v) is 1.79. The fourth-order valence-electron chi connectivity index (χ4n) is 1.01. The van der Waals surface area contributed by atoms with Gasteiger partial charge in [-0.3, -0.25) is 5.01 Å². The number of methoxy groups -OCH3 is 1. The molecule has 0 spiro atoms. The van der Waals surface area contributed by atoms with Crippen LogP contribution >= 0.6 is 0 Å². The van der Waals surface area contributed by atoms with Gasteiger partial charge in [0.15, 0.2) is 0 Å². The molecule has 0 saturated heterocycles. The lowest BCUT2D eigenvalue weighted by atomic mass is 10.2. The van der Waals surface area contributed by atoms with E-state index in [1.165, 1.54) is 0 Å². The first-order valence-electron chi connectivity index (χ1n) is 4.01. The van der Waals surface area contributed by atoms with Crippen molar-refractivity contribution in [2.45, 2.75) is 19.4 Å². The van der Waals surface area contributed by atoms with Crippen LogP contribution < -0.4 is 0 Å². The lowest BCUT2D eigenvalue weighted by molar-refractivity contribution is 0.154. The molecule has 0 fully saturated rings. The zero-order valence-electron chi connectivity index (χ0n) is 7.16. The smallest absolute Gasteiger partial charge is 0.0918 e. The second-order valence-electron chi connectivity index (χ2n) is 2.67. The largest absolute Gasteiger partial charge is 0.383 e. The predicted molar refractivity (Wildman–Crippen MR) is 42.4 cm³/mol. The number of hydrogen-bond donors (Lipinski definition) is 0. The van der Waals surface area contributed by atoms with E-state index in [9.17, 15) is 0 Å². The maximum atomic E-state index is 4.93. The van der Waals surface area contributed by atoms with Gasteiger partial charge in [0.05, 0.1) is 25.7 Å². The lowest BCUT2D eigenvalue weighted by Crippen LogP contribution is -2.23. The highest BCUT2D eigenvalue weighted by Crippen LogP contribution is 2.10. The summed E-state index contributed by atoms with van der Waals surface area (Å²) in [5.74, 6) is 0. The Hall–Kier alpha value is -0.640. The minimum absolute atomic E-state index is 0.409. The van der Waals surface area contributed by atoms with E-state index in [0.29, 0.717) is 6.04 Å². The van der Waals surface area contributed by atoms with Gasteiger partial charge in [0, 0.05) is 7.11 Å². The molecule has 4 heteroatoms. The van der Waals surface area contributed by atoms with Crippen LogP contribution in [0.3, 0.4) is 0 Å². The van der Waals surface area contributed by atoms with Gasteiger partial charge in [-0.1, -0.05) is 12.1 Å². The van der Waals surface area contributed by atoms with Gasteiger partial charge in [-0.05, 0) is 6.42 Å². The summed E-state index contributed by atoms with van der Waals surface area (Å²) in [7, 11) is 1.70. The summed E-state index contributed by atoms with van der Waals surface area (Å²) in [4.78, 5) is 0. The van der Waals surface area contributed by atoms with Crippen molar-refractivity contribution < 1.29 is 4.74 Å².